The van der Waals surface area contributed by atoms with E-state index in [0.29, 0.717) is 21.4 Å². The van der Waals surface area contributed by atoms with Gasteiger partial charge >= 0.3 is 0 Å². The van der Waals surface area contributed by atoms with Crippen LogP contribution in [0.2, 0.25) is 0 Å². The van der Waals surface area contributed by atoms with Gasteiger partial charge in [0.1, 0.15) is 0 Å². The van der Waals surface area contributed by atoms with Crippen molar-refractivity contribution in [3.8, 4) is 0 Å². The second-order valence-corrected chi connectivity index (χ2v) is 10.6. The minimum atomic E-state index is 0.352. The number of hydrogen-bond donors (Lipinski definition) is 0. The van der Waals surface area contributed by atoms with Gasteiger partial charge in [-0.1, -0.05) is 19.4 Å². The number of rotatable bonds is 0. The highest BCUT2D eigenvalue weighted by atomic mass is 32.2. The first kappa shape index (κ1) is 14.1. The summed E-state index contributed by atoms with van der Waals surface area (Å²) < 4.78 is 0.683. The number of carbonyl (C=O) groups excluding carboxylic acids is 1. The molecule has 22 heavy (non-hydrogen) atoms. The van der Waals surface area contributed by atoms with Gasteiger partial charge in [0.05, 0.1) is 0 Å². The Morgan fingerprint density at radius 3 is 2.59 bits per heavy atom. The topological polar surface area (TPSA) is 17.1 Å². The molecule has 5 rings (SSSR count). The van der Waals surface area contributed by atoms with Gasteiger partial charge in [0.25, 0.3) is 0 Å². The largest absolute Gasteiger partial charge is 0.295 e. The third-order valence-corrected chi connectivity index (χ3v) is 10.4. The van der Waals surface area contributed by atoms with Crippen molar-refractivity contribution in [3.05, 3.63) is 11.6 Å². The molecule has 1 spiro atoms. The Labute approximate surface area is 138 Å². The zero-order chi connectivity index (χ0) is 15.2. The van der Waals surface area contributed by atoms with E-state index < -0.39 is 0 Å². The lowest BCUT2D eigenvalue weighted by Gasteiger charge is -2.58. The van der Waals surface area contributed by atoms with Crippen LogP contribution in [0, 0.1) is 28.6 Å². The van der Waals surface area contributed by atoms with Gasteiger partial charge in [0, 0.05) is 16.9 Å². The van der Waals surface area contributed by atoms with Crippen LogP contribution < -0.4 is 0 Å². The summed E-state index contributed by atoms with van der Waals surface area (Å²) in [6.07, 6.45) is 12.4. The molecule has 6 unspecified atom stereocenters. The van der Waals surface area contributed by atoms with Gasteiger partial charge in [-0.15, -0.1) is 0 Å². The molecule has 1 nitrogen and oxygen atoms in total. The molecule has 1 aliphatic heterocycles. The summed E-state index contributed by atoms with van der Waals surface area (Å²) in [7, 11) is 0. The predicted molar refractivity (Wildman–Crippen MR) is 91.9 cm³/mol. The Morgan fingerprint density at radius 1 is 1.05 bits per heavy atom. The highest BCUT2D eigenvalue weighted by Gasteiger charge is 2.68. The van der Waals surface area contributed by atoms with Gasteiger partial charge in [-0.05, 0) is 79.6 Å². The van der Waals surface area contributed by atoms with E-state index in [0.717, 1.165) is 30.6 Å². The van der Waals surface area contributed by atoms with E-state index in [9.17, 15) is 4.79 Å². The van der Waals surface area contributed by atoms with Crippen molar-refractivity contribution in [1.82, 2.24) is 0 Å². The van der Waals surface area contributed by atoms with Gasteiger partial charge in [0.15, 0.2) is 5.78 Å². The Hall–Kier alpha value is -0.240. The monoisotopic (exact) mass is 316 g/mol. The Kier molecular flexibility index (Phi) is 2.72. The minimum Gasteiger partial charge on any atom is -0.295 e. The first-order valence-electron chi connectivity index (χ1n) is 9.36. The Morgan fingerprint density at radius 2 is 1.82 bits per heavy atom. The molecule has 1 heterocycles. The van der Waals surface area contributed by atoms with Gasteiger partial charge in [-0.3, -0.25) is 4.79 Å². The highest BCUT2D eigenvalue weighted by Crippen LogP contribution is 2.75. The van der Waals surface area contributed by atoms with Crippen LogP contribution in [-0.2, 0) is 4.79 Å². The molecule has 3 saturated carbocycles. The minimum absolute atomic E-state index is 0.352. The van der Waals surface area contributed by atoms with E-state index in [4.69, 9.17) is 0 Å². The molecular formula is C20H28OS. The SMILES string of the molecule is CC12CCC(=O)C=C1CCC1C2CCC2(C)C1CCC21CS1. The van der Waals surface area contributed by atoms with E-state index in [2.05, 4.69) is 25.6 Å². The van der Waals surface area contributed by atoms with Crippen LogP contribution in [0.4, 0.5) is 0 Å². The second kappa shape index (κ2) is 4.23. The molecule has 0 radical (unpaired) electrons. The van der Waals surface area contributed by atoms with E-state index >= 15 is 0 Å². The maximum Gasteiger partial charge on any atom is 0.155 e. The Bertz CT molecular complexity index is 574. The summed E-state index contributed by atoms with van der Waals surface area (Å²) >= 11 is 2.27. The molecule has 6 atom stereocenters. The summed E-state index contributed by atoms with van der Waals surface area (Å²) in [6, 6.07) is 0. The van der Waals surface area contributed by atoms with Crippen molar-refractivity contribution in [2.24, 2.45) is 28.6 Å². The lowest BCUT2D eigenvalue weighted by Crippen LogP contribution is -2.51. The zero-order valence-corrected chi connectivity index (χ0v) is 14.8. The molecule has 0 aromatic rings. The fraction of sp³-hybridized carbons (Fsp3) is 0.850. The normalized spacial score (nSPS) is 56.2. The molecule has 1 saturated heterocycles. The van der Waals surface area contributed by atoms with E-state index in [1.54, 1.807) is 0 Å². The number of carbonyl (C=O) groups is 1. The summed E-state index contributed by atoms with van der Waals surface area (Å²) in [5.41, 5.74) is 2.49. The second-order valence-electron chi connectivity index (χ2n) is 9.25. The van der Waals surface area contributed by atoms with Crippen LogP contribution in [0.15, 0.2) is 11.6 Å². The van der Waals surface area contributed by atoms with E-state index in [1.165, 1.54) is 49.9 Å². The summed E-state index contributed by atoms with van der Waals surface area (Å²) in [4.78, 5) is 11.9. The molecule has 0 aromatic heterocycles. The molecule has 120 valence electrons. The summed E-state index contributed by atoms with van der Waals surface area (Å²) in [6.45, 7) is 5.14. The maximum atomic E-state index is 11.9. The Balaban J connectivity index is 1.51. The number of allylic oxidation sites excluding steroid dienone is 1. The van der Waals surface area contributed by atoms with Crippen molar-refractivity contribution in [3.63, 3.8) is 0 Å². The lowest BCUT2D eigenvalue weighted by molar-refractivity contribution is -0.117. The van der Waals surface area contributed by atoms with Crippen molar-refractivity contribution in [2.45, 2.75) is 70.0 Å². The average Bonchev–Trinajstić information content (AvgIpc) is 3.22. The highest BCUT2D eigenvalue weighted by molar-refractivity contribution is 8.08. The molecule has 0 aromatic carbocycles. The molecule has 4 aliphatic carbocycles. The number of thioether (sulfide) groups is 1. The zero-order valence-electron chi connectivity index (χ0n) is 14.0. The molecule has 0 bridgehead atoms. The molecule has 2 heteroatoms. The van der Waals surface area contributed by atoms with Gasteiger partial charge in [0.2, 0.25) is 0 Å². The molecule has 0 amide bonds. The predicted octanol–water partition coefficient (Wildman–Crippen LogP) is 5.00. The molecular weight excluding hydrogens is 288 g/mol. The van der Waals surface area contributed by atoms with Crippen LogP contribution in [0.5, 0.6) is 0 Å². The first-order chi connectivity index (χ1) is 10.5. The molecule has 4 fully saturated rings. The lowest BCUT2D eigenvalue weighted by atomic mass is 9.47. The fourth-order valence-corrected chi connectivity index (χ4v) is 8.71. The quantitative estimate of drug-likeness (QED) is 0.585. The van der Waals surface area contributed by atoms with Crippen LogP contribution in [0.1, 0.15) is 65.2 Å². The smallest absolute Gasteiger partial charge is 0.155 e. The molecule has 5 aliphatic rings. The van der Waals surface area contributed by atoms with Gasteiger partial charge in [-0.2, -0.15) is 11.8 Å². The van der Waals surface area contributed by atoms with Crippen molar-refractivity contribution in [1.29, 1.82) is 0 Å². The van der Waals surface area contributed by atoms with E-state index in [-0.39, 0.29) is 0 Å². The average molecular weight is 317 g/mol. The van der Waals surface area contributed by atoms with Crippen LogP contribution in [0.25, 0.3) is 0 Å². The standard InChI is InChI=1S/C20H28OS/c1-18-8-5-14(21)11-13(18)3-4-15-16(18)6-9-19(2)17(15)7-10-20(19)12-22-20/h11,15-17H,3-10,12H2,1-2H3. The third kappa shape index (κ3) is 1.56. The van der Waals surface area contributed by atoms with Crippen molar-refractivity contribution < 1.29 is 4.79 Å². The van der Waals surface area contributed by atoms with Crippen molar-refractivity contribution >= 4 is 17.5 Å². The first-order valence-corrected chi connectivity index (χ1v) is 10.3. The van der Waals surface area contributed by atoms with Crippen LogP contribution in [0.3, 0.4) is 0 Å². The maximum absolute atomic E-state index is 11.9. The molecule has 0 N–H and O–H groups in total. The summed E-state index contributed by atoms with van der Waals surface area (Å²) in [5, 5.41) is 0. The van der Waals surface area contributed by atoms with E-state index in [1.807, 2.05) is 6.08 Å². The number of hydrogen-bond acceptors (Lipinski definition) is 2. The fourth-order valence-electron chi connectivity index (χ4n) is 7.21. The number of fused-ring (bicyclic) bond motifs is 6. The third-order valence-electron chi connectivity index (χ3n) is 8.74. The van der Waals surface area contributed by atoms with Gasteiger partial charge in [-0.25, -0.2) is 0 Å². The van der Waals surface area contributed by atoms with Crippen LogP contribution in [-0.4, -0.2) is 16.3 Å². The van der Waals surface area contributed by atoms with Crippen LogP contribution >= 0.6 is 11.8 Å². The summed E-state index contributed by atoms with van der Waals surface area (Å²) in [5.74, 6) is 4.60. The van der Waals surface area contributed by atoms with Gasteiger partial charge < -0.3 is 0 Å². The number of ketones is 1. The van der Waals surface area contributed by atoms with Crippen molar-refractivity contribution in [2.75, 3.05) is 5.75 Å².